The molecule has 170 valence electrons. The molecule has 5 rings (SSSR count). The van der Waals surface area contributed by atoms with E-state index in [1.807, 2.05) is 84.2 Å². The Kier molecular flexibility index (Phi) is 5.90. The minimum Gasteiger partial charge on any atom is -0.372 e. The number of imide groups is 1. The van der Waals surface area contributed by atoms with Gasteiger partial charge >= 0.3 is 0 Å². The third-order valence-electron chi connectivity index (χ3n) is 6.14. The molecule has 1 aliphatic rings. The van der Waals surface area contributed by atoms with Gasteiger partial charge in [-0.05, 0) is 61.0 Å². The molecular formula is C28H25N3O2S. The fourth-order valence-corrected chi connectivity index (χ4v) is 5.17. The molecule has 34 heavy (non-hydrogen) atoms. The highest BCUT2D eigenvalue weighted by Crippen LogP contribution is 2.37. The van der Waals surface area contributed by atoms with Crippen molar-refractivity contribution in [3.8, 4) is 0 Å². The molecular weight excluding hydrogens is 442 g/mol. The van der Waals surface area contributed by atoms with Crippen molar-refractivity contribution in [2.75, 3.05) is 28.2 Å². The zero-order chi connectivity index (χ0) is 23.7. The van der Waals surface area contributed by atoms with Crippen molar-refractivity contribution in [2.24, 2.45) is 0 Å². The summed E-state index contributed by atoms with van der Waals surface area (Å²) in [5.74, 6) is -0.664. The van der Waals surface area contributed by atoms with Crippen LogP contribution in [0, 0.1) is 0 Å². The van der Waals surface area contributed by atoms with E-state index in [1.165, 1.54) is 16.2 Å². The summed E-state index contributed by atoms with van der Waals surface area (Å²) in [4.78, 5) is 31.5. The molecule has 0 spiro atoms. The molecule has 0 unspecified atom stereocenters. The summed E-state index contributed by atoms with van der Waals surface area (Å²) >= 11 is 1.45. The van der Waals surface area contributed by atoms with Gasteiger partial charge in [-0.3, -0.25) is 9.59 Å². The van der Waals surface area contributed by atoms with E-state index >= 15 is 0 Å². The lowest BCUT2D eigenvalue weighted by Gasteiger charge is -2.22. The van der Waals surface area contributed by atoms with Crippen LogP contribution < -0.4 is 15.1 Å². The summed E-state index contributed by atoms with van der Waals surface area (Å²) < 4.78 is 0. The monoisotopic (exact) mass is 467 g/mol. The molecule has 0 radical (unpaired) electrons. The fraction of sp³-hybridized carbons (Fsp3) is 0.143. The number of amides is 2. The third-order valence-corrected chi connectivity index (χ3v) is 7.02. The summed E-state index contributed by atoms with van der Waals surface area (Å²) in [6.45, 7) is 5.99. The zero-order valence-electron chi connectivity index (χ0n) is 19.1. The number of fused-ring (bicyclic) bond motifs is 1. The van der Waals surface area contributed by atoms with E-state index in [2.05, 4.69) is 24.1 Å². The van der Waals surface area contributed by atoms with Gasteiger partial charge in [0.1, 0.15) is 5.70 Å². The predicted molar refractivity (Wildman–Crippen MR) is 141 cm³/mol. The van der Waals surface area contributed by atoms with Gasteiger partial charge in [0.25, 0.3) is 11.8 Å². The van der Waals surface area contributed by atoms with Crippen LogP contribution in [0.25, 0.3) is 16.3 Å². The Balaban J connectivity index is 1.56. The second-order valence-electron chi connectivity index (χ2n) is 8.01. The van der Waals surface area contributed by atoms with Crippen LogP contribution in [-0.2, 0) is 9.59 Å². The van der Waals surface area contributed by atoms with Gasteiger partial charge in [0, 0.05) is 34.7 Å². The van der Waals surface area contributed by atoms with Gasteiger partial charge in [0.05, 0.1) is 11.3 Å². The van der Waals surface area contributed by atoms with Gasteiger partial charge in [0.15, 0.2) is 0 Å². The molecule has 0 fully saturated rings. The van der Waals surface area contributed by atoms with Crippen molar-refractivity contribution >= 4 is 56.6 Å². The van der Waals surface area contributed by atoms with Gasteiger partial charge in [-0.1, -0.05) is 42.5 Å². The first kappa shape index (κ1) is 21.9. The smallest absolute Gasteiger partial charge is 0.282 e. The Morgan fingerprint density at radius 2 is 1.56 bits per heavy atom. The Morgan fingerprint density at radius 3 is 2.26 bits per heavy atom. The number of rotatable bonds is 7. The van der Waals surface area contributed by atoms with Crippen LogP contribution in [0.15, 0.2) is 89.9 Å². The Morgan fingerprint density at radius 1 is 0.824 bits per heavy atom. The van der Waals surface area contributed by atoms with E-state index < -0.39 is 0 Å². The maximum absolute atomic E-state index is 13.7. The molecule has 0 atom stereocenters. The molecule has 6 heteroatoms. The number of carbonyl (C=O) groups excluding carboxylic acids is 2. The SMILES string of the molecule is CCN(CC)c1ccc(N2C(=O)C(Nc3cccc4ccccc34)=C(c3cccs3)C2=O)cc1. The van der Waals surface area contributed by atoms with E-state index in [-0.39, 0.29) is 11.8 Å². The minimum absolute atomic E-state index is 0.302. The van der Waals surface area contributed by atoms with Crippen LogP contribution in [0.4, 0.5) is 17.1 Å². The first-order valence-electron chi connectivity index (χ1n) is 11.4. The molecule has 0 saturated heterocycles. The van der Waals surface area contributed by atoms with E-state index in [4.69, 9.17) is 0 Å². The number of benzene rings is 3. The first-order valence-corrected chi connectivity index (χ1v) is 12.3. The lowest BCUT2D eigenvalue weighted by Crippen LogP contribution is -2.32. The number of hydrogen-bond acceptors (Lipinski definition) is 5. The summed E-state index contributed by atoms with van der Waals surface area (Å²) in [5, 5.41) is 7.28. The highest BCUT2D eigenvalue weighted by atomic mass is 32.1. The molecule has 2 amide bonds. The highest BCUT2D eigenvalue weighted by molar-refractivity contribution is 7.11. The zero-order valence-corrected chi connectivity index (χ0v) is 19.9. The van der Waals surface area contributed by atoms with Gasteiger partial charge < -0.3 is 10.2 Å². The number of anilines is 3. The van der Waals surface area contributed by atoms with Crippen molar-refractivity contribution < 1.29 is 9.59 Å². The molecule has 4 aromatic rings. The number of thiophene rings is 1. The van der Waals surface area contributed by atoms with Crippen molar-refractivity contribution in [3.05, 3.63) is 94.8 Å². The molecule has 1 aliphatic heterocycles. The largest absolute Gasteiger partial charge is 0.372 e. The topological polar surface area (TPSA) is 52.6 Å². The predicted octanol–water partition coefficient (Wildman–Crippen LogP) is 6.14. The van der Waals surface area contributed by atoms with Crippen molar-refractivity contribution in [1.82, 2.24) is 0 Å². The standard InChI is InChI=1S/C28H25N3O2S/c1-3-30(4-2)20-14-16-21(17-15-20)31-27(32)25(24-13-8-18-34-24)26(28(31)33)29-23-12-7-10-19-9-5-6-11-22(19)23/h5-18,29H,3-4H2,1-2H3. The average Bonchev–Trinajstić information content (AvgIpc) is 3.47. The lowest BCUT2D eigenvalue weighted by atomic mass is 10.1. The summed E-state index contributed by atoms with van der Waals surface area (Å²) in [6.07, 6.45) is 0. The Labute approximate surface area is 202 Å². The summed E-state index contributed by atoms with van der Waals surface area (Å²) in [7, 11) is 0. The molecule has 1 N–H and O–H groups in total. The van der Waals surface area contributed by atoms with Crippen LogP contribution in [-0.4, -0.2) is 24.9 Å². The van der Waals surface area contributed by atoms with Crippen LogP contribution in [0.1, 0.15) is 18.7 Å². The van der Waals surface area contributed by atoms with E-state index in [1.54, 1.807) is 0 Å². The second-order valence-corrected chi connectivity index (χ2v) is 8.96. The second kappa shape index (κ2) is 9.15. The average molecular weight is 468 g/mol. The lowest BCUT2D eigenvalue weighted by molar-refractivity contribution is -0.120. The van der Waals surface area contributed by atoms with E-state index in [0.29, 0.717) is 17.0 Å². The molecule has 0 bridgehead atoms. The Hall–Kier alpha value is -3.90. The first-order chi connectivity index (χ1) is 16.6. The molecule has 1 aromatic heterocycles. The van der Waals surface area contributed by atoms with Gasteiger partial charge in [-0.2, -0.15) is 0 Å². The number of nitrogens with one attached hydrogen (secondary N) is 1. The maximum Gasteiger partial charge on any atom is 0.282 e. The normalized spacial score (nSPS) is 13.8. The van der Waals surface area contributed by atoms with Crippen LogP contribution in [0.5, 0.6) is 0 Å². The van der Waals surface area contributed by atoms with Crippen molar-refractivity contribution in [2.45, 2.75) is 13.8 Å². The molecule has 3 aromatic carbocycles. The fourth-order valence-electron chi connectivity index (χ4n) is 4.40. The Bertz CT molecular complexity index is 1380. The van der Waals surface area contributed by atoms with E-state index in [0.717, 1.165) is 40.1 Å². The molecule has 2 heterocycles. The molecule has 5 nitrogen and oxygen atoms in total. The van der Waals surface area contributed by atoms with Crippen molar-refractivity contribution in [3.63, 3.8) is 0 Å². The summed E-state index contributed by atoms with van der Waals surface area (Å²) in [5.41, 5.74) is 3.13. The molecule has 0 aliphatic carbocycles. The van der Waals surface area contributed by atoms with Gasteiger partial charge in [-0.25, -0.2) is 4.90 Å². The van der Waals surface area contributed by atoms with Gasteiger partial charge in [-0.15, -0.1) is 11.3 Å². The maximum atomic E-state index is 13.7. The van der Waals surface area contributed by atoms with Gasteiger partial charge in [0.2, 0.25) is 0 Å². The molecule has 0 saturated carbocycles. The third kappa shape index (κ3) is 3.76. The van der Waals surface area contributed by atoms with E-state index in [9.17, 15) is 9.59 Å². The number of hydrogen-bond donors (Lipinski definition) is 1. The highest BCUT2D eigenvalue weighted by Gasteiger charge is 2.40. The quantitative estimate of drug-likeness (QED) is 0.332. The minimum atomic E-state index is -0.350. The van der Waals surface area contributed by atoms with Crippen LogP contribution in [0.2, 0.25) is 0 Å². The number of carbonyl (C=O) groups is 2. The van der Waals surface area contributed by atoms with Crippen LogP contribution in [0.3, 0.4) is 0 Å². The van der Waals surface area contributed by atoms with Crippen molar-refractivity contribution in [1.29, 1.82) is 0 Å². The summed E-state index contributed by atoms with van der Waals surface area (Å²) in [6, 6.07) is 25.3. The van der Waals surface area contributed by atoms with Crippen LogP contribution >= 0.6 is 11.3 Å². The number of nitrogens with zero attached hydrogens (tertiary/aromatic N) is 2.